The molecule has 0 aliphatic rings. The van der Waals surface area contributed by atoms with E-state index in [0.717, 1.165) is 70.6 Å². The predicted molar refractivity (Wildman–Crippen MR) is 249 cm³/mol. The summed E-state index contributed by atoms with van der Waals surface area (Å²) in [6.45, 7) is 3.97. The van der Waals surface area contributed by atoms with Crippen LogP contribution in [0.5, 0.6) is 0 Å². The van der Waals surface area contributed by atoms with Crippen molar-refractivity contribution in [2.75, 3.05) is 47.5 Å². The molecule has 0 aliphatic carbocycles. The third-order valence-corrected chi connectivity index (χ3v) is 10.1. The van der Waals surface area contributed by atoms with Gasteiger partial charge in [-0.25, -0.2) is 0 Å². The third kappa shape index (κ3) is 44.5. The summed E-state index contributed by atoms with van der Waals surface area (Å²) < 4.78 is 33.8. The maximum absolute atomic E-state index is 12.7. The minimum atomic E-state index is -4.66. The Kier molecular flexibility index (Phi) is 39.2. The molecule has 10 heteroatoms. The number of hydrogen-bond donors (Lipinski definition) is 0. The van der Waals surface area contributed by atoms with E-state index in [2.05, 4.69) is 98.9 Å². The van der Waals surface area contributed by atoms with Crippen molar-refractivity contribution >= 4 is 19.8 Å². The van der Waals surface area contributed by atoms with Gasteiger partial charge in [0.15, 0.2) is 6.10 Å². The molecule has 0 N–H and O–H groups in total. The number of nitrogens with zero attached hydrogens (tertiary/aromatic N) is 1. The largest absolute Gasteiger partial charge is 0.756 e. The molecule has 342 valence electrons. The fraction of sp³-hybridized carbons (Fsp3) is 0.640. The molecule has 0 spiro atoms. The number of phosphoric acid groups is 1. The third-order valence-electron chi connectivity index (χ3n) is 9.10. The first-order valence-electron chi connectivity index (χ1n) is 22.9. The molecule has 2 unspecified atom stereocenters. The van der Waals surface area contributed by atoms with E-state index in [-0.39, 0.29) is 26.1 Å². The van der Waals surface area contributed by atoms with Crippen LogP contribution in [0, 0.1) is 0 Å². The van der Waals surface area contributed by atoms with Crippen molar-refractivity contribution in [2.45, 2.75) is 161 Å². The highest BCUT2D eigenvalue weighted by Crippen LogP contribution is 2.38. The molecule has 0 saturated heterocycles. The number of hydrogen-bond acceptors (Lipinski definition) is 8. The van der Waals surface area contributed by atoms with E-state index in [1.54, 1.807) is 0 Å². The SMILES string of the molecule is CC/C=C\C/C=C\C/C=C\C/C=C\C/C=C\C/C=C\CCC(=O)OC(COC(=O)CCCCCCCCC/C=C\C/C=C\CCCCC)COP(=O)([O-])OCC[N+](C)(C)C. The molecular weight excluding hydrogens is 774 g/mol. The topological polar surface area (TPSA) is 111 Å². The normalized spacial score (nSPS) is 14.4. The molecule has 0 fully saturated rings. The van der Waals surface area contributed by atoms with Gasteiger partial charge in [-0.15, -0.1) is 0 Å². The number of quaternary nitrogens is 1. The van der Waals surface area contributed by atoms with Crippen LogP contribution in [-0.2, 0) is 32.7 Å². The lowest BCUT2D eigenvalue weighted by Crippen LogP contribution is -2.37. The lowest BCUT2D eigenvalue weighted by Gasteiger charge is -2.28. The minimum Gasteiger partial charge on any atom is -0.756 e. The van der Waals surface area contributed by atoms with Crippen molar-refractivity contribution in [2.24, 2.45) is 0 Å². The molecule has 0 saturated carbocycles. The summed E-state index contributed by atoms with van der Waals surface area (Å²) in [6, 6.07) is 0. The van der Waals surface area contributed by atoms with Gasteiger partial charge >= 0.3 is 11.9 Å². The quantitative estimate of drug-likeness (QED) is 0.0197. The van der Waals surface area contributed by atoms with Gasteiger partial charge in [0.25, 0.3) is 7.82 Å². The highest BCUT2D eigenvalue weighted by atomic mass is 31.2. The monoisotopic (exact) mass is 858 g/mol. The summed E-state index contributed by atoms with van der Waals surface area (Å²) >= 11 is 0. The standard InChI is InChI=1S/C50H84NO8P/c1-6-8-10-12-14-16-18-20-22-24-25-27-29-31-33-35-37-39-41-43-50(53)59-48(47-58-60(54,55)57-45-44-51(3,4)5)46-56-49(52)42-40-38-36-34-32-30-28-26-23-21-19-17-15-13-11-9-7-2/h8,10,14-17,20-23,25,27,31,33,37,39,48H,6-7,9,11-13,18-19,24,26,28-30,32,34-36,38,40-47H2,1-5H3/b10-8-,16-14-,17-15-,22-20-,23-21-,27-25-,33-31-,39-37-. The second-order valence-corrected chi connectivity index (χ2v) is 17.4. The summed E-state index contributed by atoms with van der Waals surface area (Å²) in [5.74, 6) is -0.951. The molecule has 0 aromatic heterocycles. The van der Waals surface area contributed by atoms with E-state index in [0.29, 0.717) is 23.9 Å². The average Bonchev–Trinajstić information content (AvgIpc) is 3.20. The molecule has 2 atom stereocenters. The van der Waals surface area contributed by atoms with Crippen LogP contribution >= 0.6 is 7.82 Å². The van der Waals surface area contributed by atoms with Gasteiger partial charge in [-0.3, -0.25) is 14.2 Å². The number of ether oxygens (including phenoxy) is 2. The van der Waals surface area contributed by atoms with Crippen molar-refractivity contribution in [1.29, 1.82) is 0 Å². The summed E-state index contributed by atoms with van der Waals surface area (Å²) in [4.78, 5) is 37.6. The van der Waals surface area contributed by atoms with Crippen LogP contribution in [0.15, 0.2) is 97.2 Å². The Labute approximate surface area is 366 Å². The summed E-state index contributed by atoms with van der Waals surface area (Å²) in [6.07, 6.45) is 54.5. The number of carbonyl (C=O) groups excluding carboxylic acids is 2. The first-order valence-corrected chi connectivity index (χ1v) is 24.4. The first-order chi connectivity index (χ1) is 29.0. The molecule has 0 aromatic carbocycles. The number of allylic oxidation sites excluding steroid dienone is 16. The number of unbranched alkanes of at least 4 members (excludes halogenated alkanes) is 10. The zero-order chi connectivity index (χ0) is 44.3. The smallest absolute Gasteiger partial charge is 0.306 e. The Bertz CT molecular complexity index is 1340. The molecule has 0 aromatic rings. The van der Waals surface area contributed by atoms with E-state index in [4.69, 9.17) is 18.5 Å². The minimum absolute atomic E-state index is 0.0512. The van der Waals surface area contributed by atoms with Crippen molar-refractivity contribution < 1.29 is 42.1 Å². The Morgan fingerprint density at radius 3 is 1.48 bits per heavy atom. The van der Waals surface area contributed by atoms with Gasteiger partial charge < -0.3 is 27.9 Å². The Morgan fingerprint density at radius 1 is 0.533 bits per heavy atom. The summed E-state index contributed by atoms with van der Waals surface area (Å²) in [5, 5.41) is 0. The van der Waals surface area contributed by atoms with E-state index in [1.165, 1.54) is 44.9 Å². The Morgan fingerprint density at radius 2 is 0.983 bits per heavy atom. The van der Waals surface area contributed by atoms with E-state index < -0.39 is 32.5 Å². The molecule has 0 aliphatic heterocycles. The summed E-state index contributed by atoms with van der Waals surface area (Å²) in [7, 11) is 1.10. The van der Waals surface area contributed by atoms with Gasteiger partial charge in [0.1, 0.15) is 19.8 Å². The van der Waals surface area contributed by atoms with Crippen LogP contribution in [0.3, 0.4) is 0 Å². The molecule has 0 amide bonds. The van der Waals surface area contributed by atoms with Crippen LogP contribution in [0.2, 0.25) is 0 Å². The van der Waals surface area contributed by atoms with Gasteiger partial charge in [-0.1, -0.05) is 156 Å². The van der Waals surface area contributed by atoms with E-state index >= 15 is 0 Å². The molecular formula is C50H84NO8P. The number of esters is 2. The molecule has 9 nitrogen and oxygen atoms in total. The van der Waals surface area contributed by atoms with Crippen LogP contribution in [0.25, 0.3) is 0 Å². The van der Waals surface area contributed by atoms with Crippen molar-refractivity contribution in [1.82, 2.24) is 0 Å². The number of carbonyl (C=O) groups is 2. The lowest BCUT2D eigenvalue weighted by atomic mass is 10.1. The fourth-order valence-corrected chi connectivity index (χ4v) is 6.26. The predicted octanol–water partition coefficient (Wildman–Crippen LogP) is 12.7. The second-order valence-electron chi connectivity index (χ2n) is 16.0. The highest BCUT2D eigenvalue weighted by Gasteiger charge is 2.21. The van der Waals surface area contributed by atoms with Crippen LogP contribution in [-0.4, -0.2) is 70.0 Å². The average molecular weight is 858 g/mol. The van der Waals surface area contributed by atoms with Crippen molar-refractivity contribution in [3.05, 3.63) is 97.2 Å². The Balaban J connectivity index is 4.49. The number of phosphoric ester groups is 1. The molecule has 60 heavy (non-hydrogen) atoms. The summed E-state index contributed by atoms with van der Waals surface area (Å²) in [5.41, 5.74) is 0. The molecule has 0 rings (SSSR count). The zero-order valence-electron chi connectivity index (χ0n) is 38.4. The van der Waals surface area contributed by atoms with Gasteiger partial charge in [0, 0.05) is 12.8 Å². The second kappa shape index (κ2) is 41.3. The maximum atomic E-state index is 12.7. The first kappa shape index (κ1) is 56.9. The van der Waals surface area contributed by atoms with Crippen molar-refractivity contribution in [3.63, 3.8) is 0 Å². The van der Waals surface area contributed by atoms with Gasteiger partial charge in [0.05, 0.1) is 27.7 Å². The number of rotatable bonds is 40. The Hall–Kier alpha value is -3.07. The molecule has 0 heterocycles. The zero-order valence-corrected chi connectivity index (χ0v) is 39.3. The van der Waals surface area contributed by atoms with Crippen LogP contribution in [0.1, 0.15) is 155 Å². The van der Waals surface area contributed by atoms with Gasteiger partial charge in [-0.05, 0) is 83.5 Å². The maximum Gasteiger partial charge on any atom is 0.306 e. The van der Waals surface area contributed by atoms with Crippen LogP contribution in [0.4, 0.5) is 0 Å². The lowest BCUT2D eigenvalue weighted by molar-refractivity contribution is -0.870. The van der Waals surface area contributed by atoms with Crippen LogP contribution < -0.4 is 4.89 Å². The van der Waals surface area contributed by atoms with Gasteiger partial charge in [-0.2, -0.15) is 0 Å². The number of likely N-dealkylation sites (N-methyl/N-ethyl adjacent to an activating group) is 1. The van der Waals surface area contributed by atoms with E-state index in [1.807, 2.05) is 33.3 Å². The highest BCUT2D eigenvalue weighted by molar-refractivity contribution is 7.45. The molecule has 0 radical (unpaired) electrons. The molecule has 0 bridgehead atoms. The van der Waals surface area contributed by atoms with Crippen molar-refractivity contribution in [3.8, 4) is 0 Å². The van der Waals surface area contributed by atoms with E-state index in [9.17, 15) is 19.0 Å². The fourth-order valence-electron chi connectivity index (χ4n) is 5.53. The van der Waals surface area contributed by atoms with Gasteiger partial charge in [0.2, 0.25) is 0 Å².